The summed E-state index contributed by atoms with van der Waals surface area (Å²) < 4.78 is 0.975. The van der Waals surface area contributed by atoms with Crippen molar-refractivity contribution in [3.63, 3.8) is 0 Å². The molecule has 102 valence electrons. The van der Waals surface area contributed by atoms with Crippen molar-refractivity contribution in [2.45, 2.75) is 25.8 Å². The highest BCUT2D eigenvalue weighted by Gasteiger charge is 2.19. The largest absolute Gasteiger partial charge is 0.480 e. The van der Waals surface area contributed by atoms with Gasteiger partial charge in [-0.05, 0) is 60.1 Å². The second kappa shape index (κ2) is 7.28. The zero-order valence-corrected chi connectivity index (χ0v) is 12.8. The number of carbonyl (C=O) groups is 2. The van der Waals surface area contributed by atoms with E-state index < -0.39 is 12.0 Å². The number of carbonyl (C=O) groups excluding carboxylic acids is 1. The molecule has 0 radical (unpaired) electrons. The lowest BCUT2D eigenvalue weighted by atomic mass is 10.1. The molecular formula is C14H16INO3. The Hall–Kier alpha value is -1.37. The number of carboxylic acid groups (broad SMARTS) is 1. The van der Waals surface area contributed by atoms with Gasteiger partial charge in [0.05, 0.1) is 0 Å². The molecule has 0 spiro atoms. The third kappa shape index (κ3) is 4.66. The maximum atomic E-state index is 12.0. The van der Waals surface area contributed by atoms with Crippen LogP contribution >= 0.6 is 22.6 Å². The van der Waals surface area contributed by atoms with E-state index >= 15 is 0 Å². The smallest absolute Gasteiger partial charge is 0.326 e. The molecule has 0 heterocycles. The van der Waals surface area contributed by atoms with Crippen molar-refractivity contribution in [3.8, 4) is 0 Å². The van der Waals surface area contributed by atoms with Crippen molar-refractivity contribution in [1.29, 1.82) is 0 Å². The molecule has 1 rings (SSSR count). The molecule has 5 heteroatoms. The minimum absolute atomic E-state index is 0.341. The van der Waals surface area contributed by atoms with Gasteiger partial charge in [-0.2, -0.15) is 0 Å². The lowest BCUT2D eigenvalue weighted by molar-refractivity contribution is -0.139. The van der Waals surface area contributed by atoms with Gasteiger partial charge in [0.25, 0.3) is 5.91 Å². The molecule has 0 aromatic heterocycles. The van der Waals surface area contributed by atoms with E-state index in [0.717, 1.165) is 9.13 Å². The number of rotatable bonds is 6. The first-order chi connectivity index (χ1) is 8.95. The Morgan fingerprint density at radius 1 is 1.53 bits per heavy atom. The van der Waals surface area contributed by atoms with Crippen LogP contribution in [0.1, 0.15) is 28.8 Å². The molecule has 2 N–H and O–H groups in total. The maximum Gasteiger partial charge on any atom is 0.326 e. The van der Waals surface area contributed by atoms with Gasteiger partial charge in [0.2, 0.25) is 0 Å². The van der Waals surface area contributed by atoms with Gasteiger partial charge >= 0.3 is 5.97 Å². The van der Waals surface area contributed by atoms with Crippen LogP contribution in [-0.2, 0) is 4.79 Å². The minimum Gasteiger partial charge on any atom is -0.480 e. The van der Waals surface area contributed by atoms with Gasteiger partial charge in [0, 0.05) is 9.13 Å². The summed E-state index contributed by atoms with van der Waals surface area (Å²) in [7, 11) is 0. The highest BCUT2D eigenvalue weighted by atomic mass is 127. The lowest BCUT2D eigenvalue weighted by Crippen LogP contribution is -2.40. The average Bonchev–Trinajstić information content (AvgIpc) is 2.37. The molecule has 19 heavy (non-hydrogen) atoms. The van der Waals surface area contributed by atoms with Crippen molar-refractivity contribution in [2.75, 3.05) is 0 Å². The Kier molecular flexibility index (Phi) is 6.01. The summed E-state index contributed by atoms with van der Waals surface area (Å²) >= 11 is 2.14. The molecule has 1 aromatic carbocycles. The lowest BCUT2D eigenvalue weighted by Gasteiger charge is -2.14. The van der Waals surface area contributed by atoms with Crippen molar-refractivity contribution < 1.29 is 14.7 Å². The molecule has 0 saturated heterocycles. The molecule has 1 unspecified atom stereocenters. The van der Waals surface area contributed by atoms with Crippen LogP contribution in [-0.4, -0.2) is 23.0 Å². The quantitative estimate of drug-likeness (QED) is 0.595. The molecule has 1 atom stereocenters. The Morgan fingerprint density at radius 3 is 2.74 bits per heavy atom. The number of nitrogens with one attached hydrogen (secondary N) is 1. The van der Waals surface area contributed by atoms with Gasteiger partial charge in [-0.1, -0.05) is 12.1 Å². The number of aryl methyl sites for hydroxylation is 1. The van der Waals surface area contributed by atoms with Crippen molar-refractivity contribution in [3.05, 3.63) is 45.6 Å². The zero-order chi connectivity index (χ0) is 14.4. The Balaban J connectivity index is 2.78. The van der Waals surface area contributed by atoms with Crippen LogP contribution in [0.5, 0.6) is 0 Å². The molecular weight excluding hydrogens is 357 g/mol. The minimum atomic E-state index is -1.03. The summed E-state index contributed by atoms with van der Waals surface area (Å²) in [6, 6.07) is 4.40. The number of allylic oxidation sites excluding steroid dienone is 1. The predicted molar refractivity (Wildman–Crippen MR) is 82.2 cm³/mol. The standard InChI is InChI=1S/C14H16INO3/c1-3-4-5-12(14(18)19)16-13(17)10-7-6-9(2)11(15)8-10/h3,6-8,12H,1,4-5H2,2H3,(H,16,17)(H,18,19). The van der Waals surface area contributed by atoms with E-state index in [2.05, 4.69) is 34.5 Å². The third-order valence-corrected chi connectivity index (χ3v) is 3.86. The van der Waals surface area contributed by atoms with Crippen LogP contribution in [0.15, 0.2) is 30.9 Å². The van der Waals surface area contributed by atoms with Crippen LogP contribution in [0, 0.1) is 10.5 Å². The molecule has 4 nitrogen and oxygen atoms in total. The average molecular weight is 373 g/mol. The van der Waals surface area contributed by atoms with Gasteiger partial charge < -0.3 is 10.4 Å². The highest BCUT2D eigenvalue weighted by molar-refractivity contribution is 14.1. The van der Waals surface area contributed by atoms with E-state index in [-0.39, 0.29) is 5.91 Å². The van der Waals surface area contributed by atoms with Gasteiger partial charge in [0.1, 0.15) is 6.04 Å². The Labute approximate surface area is 126 Å². The first-order valence-corrected chi connectivity index (χ1v) is 6.94. The number of halogens is 1. The monoisotopic (exact) mass is 373 g/mol. The number of amides is 1. The normalized spacial score (nSPS) is 11.7. The van der Waals surface area contributed by atoms with Crippen LogP contribution in [0.3, 0.4) is 0 Å². The molecule has 0 saturated carbocycles. The van der Waals surface area contributed by atoms with E-state index in [1.165, 1.54) is 0 Å². The molecule has 0 fully saturated rings. The number of aliphatic carboxylic acids is 1. The van der Waals surface area contributed by atoms with Crippen LogP contribution in [0.25, 0.3) is 0 Å². The molecule has 0 bridgehead atoms. The number of hydrogen-bond acceptors (Lipinski definition) is 2. The van der Waals surface area contributed by atoms with E-state index in [9.17, 15) is 9.59 Å². The first kappa shape index (κ1) is 15.7. The fraction of sp³-hybridized carbons (Fsp3) is 0.286. The number of hydrogen-bond donors (Lipinski definition) is 2. The summed E-state index contributed by atoms with van der Waals surface area (Å²) in [5.41, 5.74) is 1.55. The second-order valence-electron chi connectivity index (χ2n) is 4.19. The van der Waals surface area contributed by atoms with E-state index in [1.54, 1.807) is 18.2 Å². The highest BCUT2D eigenvalue weighted by Crippen LogP contribution is 2.13. The zero-order valence-electron chi connectivity index (χ0n) is 10.6. The molecule has 1 aromatic rings. The Morgan fingerprint density at radius 2 is 2.21 bits per heavy atom. The molecule has 1 amide bonds. The van der Waals surface area contributed by atoms with Gasteiger partial charge in [-0.25, -0.2) is 4.79 Å². The van der Waals surface area contributed by atoms with Crippen molar-refractivity contribution >= 4 is 34.5 Å². The predicted octanol–water partition coefficient (Wildman–Crippen LogP) is 2.75. The summed E-state index contributed by atoms with van der Waals surface area (Å²) in [5, 5.41) is 11.6. The Bertz CT molecular complexity index is 499. The summed E-state index contributed by atoms with van der Waals surface area (Å²) in [5.74, 6) is -1.40. The van der Waals surface area contributed by atoms with E-state index in [0.29, 0.717) is 18.4 Å². The number of carboxylic acids is 1. The topological polar surface area (TPSA) is 66.4 Å². The fourth-order valence-electron chi connectivity index (χ4n) is 1.52. The SMILES string of the molecule is C=CCCC(NC(=O)c1ccc(C)c(I)c1)C(=O)O. The molecule has 0 aliphatic carbocycles. The van der Waals surface area contributed by atoms with Gasteiger partial charge in [0.15, 0.2) is 0 Å². The summed E-state index contributed by atoms with van der Waals surface area (Å²) in [6.07, 6.45) is 2.52. The van der Waals surface area contributed by atoms with Crippen LogP contribution in [0.4, 0.5) is 0 Å². The second-order valence-corrected chi connectivity index (χ2v) is 5.36. The first-order valence-electron chi connectivity index (χ1n) is 5.86. The van der Waals surface area contributed by atoms with E-state index in [4.69, 9.17) is 5.11 Å². The third-order valence-electron chi connectivity index (χ3n) is 2.70. The summed E-state index contributed by atoms with van der Waals surface area (Å²) in [6.45, 7) is 5.50. The van der Waals surface area contributed by atoms with Crippen LogP contribution in [0.2, 0.25) is 0 Å². The van der Waals surface area contributed by atoms with Gasteiger partial charge in [-0.15, -0.1) is 6.58 Å². The fourth-order valence-corrected chi connectivity index (χ4v) is 2.03. The van der Waals surface area contributed by atoms with Crippen LogP contribution < -0.4 is 5.32 Å². The van der Waals surface area contributed by atoms with Gasteiger partial charge in [-0.3, -0.25) is 4.79 Å². The summed E-state index contributed by atoms with van der Waals surface area (Å²) in [4.78, 5) is 23.0. The maximum absolute atomic E-state index is 12.0. The molecule has 0 aliphatic rings. The molecule has 0 aliphatic heterocycles. The number of benzene rings is 1. The van der Waals surface area contributed by atoms with Crippen molar-refractivity contribution in [1.82, 2.24) is 5.32 Å². The van der Waals surface area contributed by atoms with E-state index in [1.807, 2.05) is 13.0 Å². The van der Waals surface area contributed by atoms with Crippen molar-refractivity contribution in [2.24, 2.45) is 0 Å².